The summed E-state index contributed by atoms with van der Waals surface area (Å²) in [7, 11) is 0. The SMILES string of the molecule is C=Cc1[nH]ccc1/C=C(\C)c1c[nH]c2ncc(-c3cccc(O)c3)cc12. The average molecular weight is 341 g/mol. The maximum absolute atomic E-state index is 9.74. The van der Waals surface area contributed by atoms with Gasteiger partial charge in [0.05, 0.1) is 0 Å². The van der Waals surface area contributed by atoms with Crippen molar-refractivity contribution < 1.29 is 5.11 Å². The minimum atomic E-state index is 0.248. The summed E-state index contributed by atoms with van der Waals surface area (Å²) in [5.41, 5.74) is 7.09. The van der Waals surface area contributed by atoms with E-state index in [1.165, 1.54) is 0 Å². The standard InChI is InChI=1S/C22H19N3O/c1-3-21-16(7-8-23-21)9-14(2)20-13-25-22-19(20)11-17(12-24-22)15-5-4-6-18(26)10-15/h3-13,23,26H,1H2,2H3,(H,24,25)/b14-9+. The molecule has 0 unspecified atom stereocenters. The van der Waals surface area contributed by atoms with Crippen molar-refractivity contribution in [3.63, 3.8) is 0 Å². The van der Waals surface area contributed by atoms with Gasteiger partial charge < -0.3 is 15.1 Å². The molecule has 0 spiro atoms. The minimum Gasteiger partial charge on any atom is -0.508 e. The Balaban J connectivity index is 1.81. The molecule has 0 atom stereocenters. The van der Waals surface area contributed by atoms with E-state index >= 15 is 0 Å². The number of H-pyrrole nitrogens is 2. The van der Waals surface area contributed by atoms with Crippen molar-refractivity contribution in [2.45, 2.75) is 6.92 Å². The van der Waals surface area contributed by atoms with Gasteiger partial charge >= 0.3 is 0 Å². The molecule has 0 bridgehead atoms. The predicted molar refractivity (Wildman–Crippen MR) is 108 cm³/mol. The summed E-state index contributed by atoms with van der Waals surface area (Å²) in [6.07, 6.45) is 9.66. The Labute approximate surface area is 151 Å². The molecular weight excluding hydrogens is 322 g/mol. The topological polar surface area (TPSA) is 64.7 Å². The number of aromatic nitrogens is 3. The van der Waals surface area contributed by atoms with Crippen molar-refractivity contribution in [2.24, 2.45) is 0 Å². The molecule has 0 aliphatic heterocycles. The highest BCUT2D eigenvalue weighted by Crippen LogP contribution is 2.30. The van der Waals surface area contributed by atoms with Gasteiger partial charge in [-0.15, -0.1) is 0 Å². The minimum absolute atomic E-state index is 0.248. The Kier molecular flexibility index (Phi) is 3.93. The number of rotatable bonds is 4. The molecule has 0 saturated carbocycles. The van der Waals surface area contributed by atoms with Crippen LogP contribution in [-0.4, -0.2) is 20.1 Å². The summed E-state index contributed by atoms with van der Waals surface area (Å²) in [6.45, 7) is 5.93. The Morgan fingerprint density at radius 3 is 2.85 bits per heavy atom. The van der Waals surface area contributed by atoms with Crippen molar-refractivity contribution in [3.8, 4) is 16.9 Å². The van der Waals surface area contributed by atoms with Crippen molar-refractivity contribution in [2.75, 3.05) is 0 Å². The Hall–Kier alpha value is -3.53. The van der Waals surface area contributed by atoms with Crippen LogP contribution in [0.2, 0.25) is 0 Å². The lowest BCUT2D eigenvalue weighted by molar-refractivity contribution is 0.475. The third-order valence-electron chi connectivity index (χ3n) is 4.52. The summed E-state index contributed by atoms with van der Waals surface area (Å²) < 4.78 is 0. The zero-order valence-corrected chi connectivity index (χ0v) is 14.5. The first-order valence-corrected chi connectivity index (χ1v) is 8.41. The van der Waals surface area contributed by atoms with Gasteiger partial charge in [-0.1, -0.05) is 18.7 Å². The summed E-state index contributed by atoms with van der Waals surface area (Å²) in [6, 6.07) is 11.3. The number of phenols is 1. The number of nitrogens with zero attached hydrogens (tertiary/aromatic N) is 1. The molecule has 4 nitrogen and oxygen atoms in total. The summed E-state index contributed by atoms with van der Waals surface area (Å²) in [5.74, 6) is 0.248. The third-order valence-corrected chi connectivity index (χ3v) is 4.52. The highest BCUT2D eigenvalue weighted by Gasteiger charge is 2.10. The zero-order valence-electron chi connectivity index (χ0n) is 14.5. The number of hydrogen-bond donors (Lipinski definition) is 3. The first-order valence-electron chi connectivity index (χ1n) is 8.41. The van der Waals surface area contributed by atoms with Gasteiger partial charge in [-0.25, -0.2) is 4.98 Å². The van der Waals surface area contributed by atoms with Crippen LogP contribution in [0.4, 0.5) is 0 Å². The lowest BCUT2D eigenvalue weighted by Crippen LogP contribution is -1.84. The molecule has 4 aromatic rings. The van der Waals surface area contributed by atoms with Crippen molar-refractivity contribution in [1.82, 2.24) is 15.0 Å². The van der Waals surface area contributed by atoms with Gasteiger partial charge in [0.15, 0.2) is 0 Å². The molecule has 0 saturated heterocycles. The number of pyridine rings is 1. The monoisotopic (exact) mass is 341 g/mol. The van der Waals surface area contributed by atoms with Gasteiger partial charge in [0.1, 0.15) is 11.4 Å². The lowest BCUT2D eigenvalue weighted by Gasteiger charge is -2.04. The Morgan fingerprint density at radius 2 is 2.04 bits per heavy atom. The molecule has 1 aromatic carbocycles. The number of fused-ring (bicyclic) bond motifs is 1. The normalized spacial score (nSPS) is 11.8. The van der Waals surface area contributed by atoms with Crippen LogP contribution in [0.3, 0.4) is 0 Å². The highest BCUT2D eigenvalue weighted by molar-refractivity contribution is 5.96. The number of aromatic amines is 2. The molecule has 0 amide bonds. The quantitative estimate of drug-likeness (QED) is 0.461. The van der Waals surface area contributed by atoms with Crippen molar-refractivity contribution >= 4 is 28.8 Å². The van der Waals surface area contributed by atoms with E-state index in [2.05, 4.69) is 40.6 Å². The van der Waals surface area contributed by atoms with Gasteiger partial charge in [-0.05, 0) is 60.0 Å². The summed E-state index contributed by atoms with van der Waals surface area (Å²) in [4.78, 5) is 10.9. The Morgan fingerprint density at radius 1 is 1.15 bits per heavy atom. The van der Waals surface area contributed by atoms with E-state index in [-0.39, 0.29) is 5.75 Å². The summed E-state index contributed by atoms with van der Waals surface area (Å²) in [5, 5.41) is 10.8. The van der Waals surface area contributed by atoms with Crippen molar-refractivity contribution in [1.29, 1.82) is 0 Å². The second kappa shape index (κ2) is 6.41. The predicted octanol–water partition coefficient (Wildman–Crippen LogP) is 5.47. The van der Waals surface area contributed by atoms with Gasteiger partial charge in [-0.2, -0.15) is 0 Å². The Bertz CT molecular complexity index is 1130. The fraction of sp³-hybridized carbons (Fsp3) is 0.0455. The van der Waals surface area contributed by atoms with Crippen LogP contribution in [0.25, 0.3) is 39.9 Å². The number of nitrogens with one attached hydrogen (secondary N) is 2. The van der Waals surface area contributed by atoms with Gasteiger partial charge in [0.25, 0.3) is 0 Å². The molecule has 3 N–H and O–H groups in total. The van der Waals surface area contributed by atoms with Gasteiger partial charge in [0, 0.05) is 40.8 Å². The van der Waals surface area contributed by atoms with E-state index in [0.29, 0.717) is 0 Å². The van der Waals surface area contributed by atoms with Crippen LogP contribution in [0.1, 0.15) is 23.7 Å². The van der Waals surface area contributed by atoms with Gasteiger partial charge in [-0.3, -0.25) is 0 Å². The van der Waals surface area contributed by atoms with Crippen LogP contribution >= 0.6 is 0 Å². The van der Waals surface area contributed by atoms with E-state index in [1.807, 2.05) is 42.9 Å². The van der Waals surface area contributed by atoms with E-state index in [1.54, 1.807) is 12.1 Å². The van der Waals surface area contributed by atoms with Crippen molar-refractivity contribution in [3.05, 3.63) is 78.4 Å². The lowest BCUT2D eigenvalue weighted by atomic mass is 10.0. The maximum Gasteiger partial charge on any atom is 0.137 e. The van der Waals surface area contributed by atoms with Crippen LogP contribution < -0.4 is 0 Å². The number of allylic oxidation sites excluding steroid dienone is 1. The van der Waals surface area contributed by atoms with E-state index in [0.717, 1.165) is 44.6 Å². The largest absolute Gasteiger partial charge is 0.508 e. The van der Waals surface area contributed by atoms with E-state index in [4.69, 9.17) is 0 Å². The second-order valence-electron chi connectivity index (χ2n) is 6.25. The number of phenolic OH excluding ortho intramolecular Hbond substituents is 1. The maximum atomic E-state index is 9.74. The van der Waals surface area contributed by atoms with Gasteiger partial charge in [0.2, 0.25) is 0 Å². The average Bonchev–Trinajstić information content (AvgIpc) is 3.27. The van der Waals surface area contributed by atoms with Crippen LogP contribution in [0, 0.1) is 0 Å². The van der Waals surface area contributed by atoms with E-state index in [9.17, 15) is 5.11 Å². The molecule has 0 fully saturated rings. The molecule has 4 heteroatoms. The first-order chi connectivity index (χ1) is 12.7. The molecule has 0 aliphatic rings. The first kappa shape index (κ1) is 16.0. The number of benzene rings is 1. The van der Waals surface area contributed by atoms with Crippen LogP contribution in [0.15, 0.2) is 61.6 Å². The molecule has 128 valence electrons. The van der Waals surface area contributed by atoms with Crippen LogP contribution in [0.5, 0.6) is 5.75 Å². The molecule has 4 rings (SSSR count). The fourth-order valence-electron chi connectivity index (χ4n) is 3.18. The molecule has 0 radical (unpaired) electrons. The highest BCUT2D eigenvalue weighted by atomic mass is 16.3. The molecular formula is C22H19N3O. The number of aromatic hydroxyl groups is 1. The van der Waals surface area contributed by atoms with E-state index < -0.39 is 0 Å². The third kappa shape index (κ3) is 2.82. The second-order valence-corrected chi connectivity index (χ2v) is 6.25. The number of hydrogen-bond acceptors (Lipinski definition) is 2. The van der Waals surface area contributed by atoms with Crippen LogP contribution in [-0.2, 0) is 0 Å². The smallest absolute Gasteiger partial charge is 0.137 e. The summed E-state index contributed by atoms with van der Waals surface area (Å²) >= 11 is 0. The molecule has 26 heavy (non-hydrogen) atoms. The zero-order chi connectivity index (χ0) is 18.1. The fourth-order valence-corrected chi connectivity index (χ4v) is 3.18. The molecule has 3 aromatic heterocycles. The molecule has 0 aliphatic carbocycles. The molecule has 3 heterocycles.